The van der Waals surface area contributed by atoms with E-state index < -0.39 is 0 Å². The van der Waals surface area contributed by atoms with Crippen molar-refractivity contribution in [2.75, 3.05) is 13.2 Å². The molecule has 0 aliphatic carbocycles. The lowest BCUT2D eigenvalue weighted by molar-refractivity contribution is -0.117. The smallest absolute Gasteiger partial charge is 0.262 e. The van der Waals surface area contributed by atoms with Gasteiger partial charge in [-0.05, 0) is 42.7 Å². The molecule has 0 unspecified atom stereocenters. The Kier molecular flexibility index (Phi) is 6.32. The van der Waals surface area contributed by atoms with Crippen LogP contribution in [0.3, 0.4) is 0 Å². The predicted octanol–water partition coefficient (Wildman–Crippen LogP) is 4.65. The van der Waals surface area contributed by atoms with Crippen LogP contribution in [0.4, 0.5) is 0 Å². The van der Waals surface area contributed by atoms with Crippen molar-refractivity contribution in [3.8, 4) is 6.07 Å². The summed E-state index contributed by atoms with van der Waals surface area (Å²) in [5.74, 6) is -0.369. The fourth-order valence-electron chi connectivity index (χ4n) is 3.73. The van der Waals surface area contributed by atoms with Crippen molar-refractivity contribution in [1.29, 1.82) is 5.26 Å². The number of fused-ring (bicyclic) bond motifs is 1. The molecular formula is C24H22BrN3O2. The molecule has 0 radical (unpaired) electrons. The molecule has 1 fully saturated rings. The first kappa shape index (κ1) is 20.4. The van der Waals surface area contributed by atoms with Crippen LogP contribution in [0.25, 0.3) is 17.0 Å². The summed E-state index contributed by atoms with van der Waals surface area (Å²) in [6.45, 7) is 1.87. The molecule has 1 amide bonds. The van der Waals surface area contributed by atoms with E-state index in [1.807, 2.05) is 42.6 Å². The number of carbonyl (C=O) groups is 1. The number of nitriles is 1. The van der Waals surface area contributed by atoms with E-state index in [2.05, 4.69) is 44.0 Å². The van der Waals surface area contributed by atoms with Crippen LogP contribution in [0.2, 0.25) is 0 Å². The van der Waals surface area contributed by atoms with Gasteiger partial charge in [-0.15, -0.1) is 0 Å². The summed E-state index contributed by atoms with van der Waals surface area (Å²) in [7, 11) is 0. The van der Waals surface area contributed by atoms with Crippen LogP contribution in [0.5, 0.6) is 0 Å². The third-order valence-corrected chi connectivity index (χ3v) is 5.74. The number of aromatic nitrogens is 1. The highest BCUT2D eigenvalue weighted by atomic mass is 79.9. The van der Waals surface area contributed by atoms with E-state index in [1.165, 1.54) is 5.56 Å². The van der Waals surface area contributed by atoms with Crippen LogP contribution in [-0.2, 0) is 16.1 Å². The highest BCUT2D eigenvalue weighted by Gasteiger charge is 2.18. The maximum Gasteiger partial charge on any atom is 0.262 e. The number of benzene rings is 2. The second kappa shape index (κ2) is 9.29. The number of rotatable bonds is 6. The fourth-order valence-corrected chi connectivity index (χ4v) is 4.10. The Balaban J connectivity index is 1.63. The first-order valence-corrected chi connectivity index (χ1v) is 10.8. The number of halogens is 1. The number of hydrogen-bond acceptors (Lipinski definition) is 3. The van der Waals surface area contributed by atoms with Crippen LogP contribution in [0.15, 0.2) is 64.8 Å². The lowest BCUT2D eigenvalue weighted by Gasteiger charge is -2.10. The highest BCUT2D eigenvalue weighted by molar-refractivity contribution is 9.10. The van der Waals surface area contributed by atoms with Crippen LogP contribution < -0.4 is 5.32 Å². The summed E-state index contributed by atoms with van der Waals surface area (Å²) in [5, 5.41) is 13.4. The molecule has 1 aliphatic heterocycles. The SMILES string of the molecule is N#C/C(=C\c1cn(Cc2ccccc2)c2ccc(Br)cc12)C(=O)NC[C@H]1CCCO1. The Morgan fingerprint density at radius 1 is 1.30 bits per heavy atom. The van der Waals surface area contributed by atoms with Gasteiger partial charge < -0.3 is 14.6 Å². The molecule has 2 aromatic carbocycles. The monoisotopic (exact) mass is 463 g/mol. The van der Waals surface area contributed by atoms with Gasteiger partial charge in [0, 0.05) is 46.8 Å². The van der Waals surface area contributed by atoms with Crippen molar-refractivity contribution in [1.82, 2.24) is 9.88 Å². The van der Waals surface area contributed by atoms with Crippen molar-refractivity contribution in [2.24, 2.45) is 0 Å². The molecule has 5 nitrogen and oxygen atoms in total. The summed E-state index contributed by atoms with van der Waals surface area (Å²) >= 11 is 3.53. The van der Waals surface area contributed by atoms with Crippen molar-refractivity contribution in [3.05, 3.63) is 75.9 Å². The third-order valence-electron chi connectivity index (χ3n) is 5.25. The Morgan fingerprint density at radius 2 is 2.13 bits per heavy atom. The average molecular weight is 464 g/mol. The van der Waals surface area contributed by atoms with E-state index in [0.717, 1.165) is 40.4 Å². The van der Waals surface area contributed by atoms with Gasteiger partial charge >= 0.3 is 0 Å². The summed E-state index contributed by atoms with van der Waals surface area (Å²) in [5.41, 5.74) is 3.16. The summed E-state index contributed by atoms with van der Waals surface area (Å²) in [4.78, 5) is 12.6. The Bertz CT molecular complexity index is 1120. The molecule has 1 N–H and O–H groups in total. The molecule has 0 bridgehead atoms. The quantitative estimate of drug-likeness (QED) is 0.427. The van der Waals surface area contributed by atoms with E-state index in [9.17, 15) is 10.1 Å². The molecule has 3 aromatic rings. The second-order valence-corrected chi connectivity index (χ2v) is 8.29. The van der Waals surface area contributed by atoms with E-state index in [4.69, 9.17) is 4.74 Å². The summed E-state index contributed by atoms with van der Waals surface area (Å²) < 4.78 is 8.63. The molecule has 1 aliphatic rings. The Morgan fingerprint density at radius 3 is 2.87 bits per heavy atom. The van der Waals surface area contributed by atoms with Gasteiger partial charge in [-0.25, -0.2) is 0 Å². The molecule has 0 saturated carbocycles. The van der Waals surface area contributed by atoms with Crippen LogP contribution in [-0.4, -0.2) is 29.7 Å². The molecule has 2 heterocycles. The van der Waals surface area contributed by atoms with Gasteiger partial charge in [0.15, 0.2) is 0 Å². The zero-order valence-corrected chi connectivity index (χ0v) is 18.1. The third kappa shape index (κ3) is 4.64. The lowest BCUT2D eigenvalue weighted by Crippen LogP contribution is -2.32. The number of nitrogens with one attached hydrogen (secondary N) is 1. The van der Waals surface area contributed by atoms with Crippen molar-refractivity contribution >= 4 is 38.8 Å². The van der Waals surface area contributed by atoms with E-state index >= 15 is 0 Å². The van der Waals surface area contributed by atoms with Gasteiger partial charge in [-0.1, -0.05) is 46.3 Å². The first-order chi connectivity index (χ1) is 14.6. The van der Waals surface area contributed by atoms with Crippen molar-refractivity contribution < 1.29 is 9.53 Å². The molecule has 1 aromatic heterocycles. The van der Waals surface area contributed by atoms with Gasteiger partial charge in [0.1, 0.15) is 11.6 Å². The normalized spacial score (nSPS) is 16.5. The maximum absolute atomic E-state index is 12.6. The number of amides is 1. The zero-order valence-electron chi connectivity index (χ0n) is 16.5. The van der Waals surface area contributed by atoms with Gasteiger partial charge in [-0.3, -0.25) is 4.79 Å². The number of ether oxygens (including phenoxy) is 1. The molecule has 1 saturated heterocycles. The largest absolute Gasteiger partial charge is 0.376 e. The predicted molar refractivity (Wildman–Crippen MR) is 121 cm³/mol. The van der Waals surface area contributed by atoms with Gasteiger partial charge in [-0.2, -0.15) is 5.26 Å². The topological polar surface area (TPSA) is 67.0 Å². The highest BCUT2D eigenvalue weighted by Crippen LogP contribution is 2.28. The van der Waals surface area contributed by atoms with Crippen LogP contribution in [0, 0.1) is 11.3 Å². The summed E-state index contributed by atoms with van der Waals surface area (Å²) in [6, 6.07) is 18.3. The Labute approximate surface area is 184 Å². The molecule has 30 heavy (non-hydrogen) atoms. The van der Waals surface area contributed by atoms with Gasteiger partial charge in [0.2, 0.25) is 0 Å². The number of hydrogen-bond donors (Lipinski definition) is 1. The van der Waals surface area contributed by atoms with Crippen LogP contribution in [0.1, 0.15) is 24.0 Å². The standard InChI is InChI=1S/C24H22BrN3O2/c25-20-8-9-23-22(12-20)19(16-28(23)15-17-5-2-1-3-6-17)11-18(13-26)24(29)27-14-21-7-4-10-30-21/h1-3,5-6,8-9,11-12,16,21H,4,7,10,14-15H2,(H,27,29)/b18-11+/t21-/m1/s1. The Hall–Kier alpha value is -2.88. The molecule has 4 rings (SSSR count). The van der Waals surface area contributed by atoms with E-state index in [-0.39, 0.29) is 17.6 Å². The number of nitrogens with zero attached hydrogens (tertiary/aromatic N) is 2. The maximum atomic E-state index is 12.6. The molecule has 1 atom stereocenters. The average Bonchev–Trinajstić information content (AvgIpc) is 3.39. The fraction of sp³-hybridized carbons (Fsp3) is 0.250. The number of carbonyl (C=O) groups excluding carboxylic acids is 1. The van der Waals surface area contributed by atoms with Gasteiger partial charge in [0.05, 0.1) is 6.10 Å². The molecule has 152 valence electrons. The minimum Gasteiger partial charge on any atom is -0.376 e. The molecular weight excluding hydrogens is 442 g/mol. The second-order valence-electron chi connectivity index (χ2n) is 7.37. The van der Waals surface area contributed by atoms with Crippen molar-refractivity contribution in [3.63, 3.8) is 0 Å². The molecule has 0 spiro atoms. The molecule has 6 heteroatoms. The zero-order chi connectivity index (χ0) is 20.9. The van der Waals surface area contributed by atoms with Crippen molar-refractivity contribution in [2.45, 2.75) is 25.5 Å². The first-order valence-electron chi connectivity index (χ1n) is 9.98. The summed E-state index contributed by atoms with van der Waals surface area (Å²) in [6.07, 6.45) is 5.65. The van der Waals surface area contributed by atoms with E-state index in [1.54, 1.807) is 6.08 Å². The minimum absolute atomic E-state index is 0.0395. The van der Waals surface area contributed by atoms with E-state index in [0.29, 0.717) is 13.1 Å². The lowest BCUT2D eigenvalue weighted by atomic mass is 10.1. The van der Waals surface area contributed by atoms with Crippen LogP contribution >= 0.6 is 15.9 Å². The minimum atomic E-state index is -0.369. The van der Waals surface area contributed by atoms with Gasteiger partial charge in [0.25, 0.3) is 5.91 Å².